The fourth-order valence-corrected chi connectivity index (χ4v) is 4.50. The van der Waals surface area contributed by atoms with Crippen LogP contribution in [0.25, 0.3) is 10.2 Å². The van der Waals surface area contributed by atoms with E-state index in [4.69, 9.17) is 10.8 Å². The first-order valence-electron chi connectivity index (χ1n) is 8.09. The van der Waals surface area contributed by atoms with Gasteiger partial charge in [-0.25, -0.2) is 9.78 Å². The second-order valence-corrected chi connectivity index (χ2v) is 7.24. The van der Waals surface area contributed by atoms with E-state index in [2.05, 4.69) is 9.97 Å². The highest BCUT2D eigenvalue weighted by molar-refractivity contribution is 7.18. The third-order valence-electron chi connectivity index (χ3n) is 4.43. The van der Waals surface area contributed by atoms with Crippen molar-refractivity contribution in [3.8, 4) is 0 Å². The van der Waals surface area contributed by atoms with Gasteiger partial charge in [0.2, 0.25) is 5.82 Å². The number of fused-ring (bicyclic) bond motifs is 3. The Kier molecular flexibility index (Phi) is 6.37. The summed E-state index contributed by atoms with van der Waals surface area (Å²) >= 11 is 1.44. The molecule has 2 aliphatic rings. The van der Waals surface area contributed by atoms with Gasteiger partial charge in [-0.2, -0.15) is 0 Å². The summed E-state index contributed by atoms with van der Waals surface area (Å²) in [6.07, 6.45) is 9.60. The standard InChI is InChI=1S/C10H8N2O3S.C6H13N.ClH/c13-8-6-4-2-1-3-5(4)16-9(6)12-7(11-8)10(14)15;7-6-4-2-1-3-5-6;/h1-3H2,(H,14,15)(H,11,12,13);6H,1-5,7H2;1H. The number of hydrogen-bond acceptors (Lipinski definition) is 5. The molecule has 1 fully saturated rings. The number of rotatable bonds is 1. The number of thiophene rings is 1. The molecule has 0 radical (unpaired) electrons. The molecule has 0 spiro atoms. The van der Waals surface area contributed by atoms with Gasteiger partial charge in [-0.15, -0.1) is 23.7 Å². The van der Waals surface area contributed by atoms with E-state index >= 15 is 0 Å². The lowest BCUT2D eigenvalue weighted by atomic mass is 9.97. The number of hydrogen-bond donors (Lipinski definition) is 3. The van der Waals surface area contributed by atoms with Crippen molar-refractivity contribution in [1.82, 2.24) is 9.97 Å². The van der Waals surface area contributed by atoms with Gasteiger partial charge in [0, 0.05) is 10.9 Å². The minimum absolute atomic E-state index is 0. The Morgan fingerprint density at radius 1 is 1.21 bits per heavy atom. The number of carboxylic acid groups (broad SMARTS) is 1. The molecule has 1 saturated carbocycles. The second kappa shape index (κ2) is 8.09. The predicted molar refractivity (Wildman–Crippen MR) is 97.5 cm³/mol. The average molecular weight is 372 g/mol. The summed E-state index contributed by atoms with van der Waals surface area (Å²) in [7, 11) is 0. The van der Waals surface area contributed by atoms with Crippen molar-refractivity contribution in [3.63, 3.8) is 0 Å². The highest BCUT2D eigenvalue weighted by Gasteiger charge is 2.22. The van der Waals surface area contributed by atoms with Gasteiger partial charge in [0.05, 0.1) is 5.39 Å². The summed E-state index contributed by atoms with van der Waals surface area (Å²) in [4.78, 5) is 30.5. The molecule has 132 valence electrons. The smallest absolute Gasteiger partial charge is 0.372 e. The molecule has 2 aromatic heterocycles. The largest absolute Gasteiger partial charge is 0.475 e. The first-order chi connectivity index (χ1) is 11.1. The maximum absolute atomic E-state index is 11.8. The number of aromatic nitrogens is 2. The highest BCUT2D eigenvalue weighted by atomic mass is 35.5. The van der Waals surface area contributed by atoms with Crippen LogP contribution < -0.4 is 11.3 Å². The number of halogens is 1. The normalized spacial score (nSPS) is 16.9. The molecule has 0 bridgehead atoms. The third kappa shape index (κ3) is 3.96. The highest BCUT2D eigenvalue weighted by Crippen LogP contribution is 2.34. The van der Waals surface area contributed by atoms with Crippen LogP contribution in [0.3, 0.4) is 0 Å². The Morgan fingerprint density at radius 2 is 1.92 bits per heavy atom. The minimum atomic E-state index is -1.20. The van der Waals surface area contributed by atoms with E-state index in [1.807, 2.05) is 0 Å². The fraction of sp³-hybridized carbons (Fsp3) is 0.562. The monoisotopic (exact) mass is 371 g/mol. The maximum atomic E-state index is 11.8. The van der Waals surface area contributed by atoms with E-state index in [0.29, 0.717) is 16.3 Å². The van der Waals surface area contributed by atoms with Gasteiger partial charge < -0.3 is 15.8 Å². The summed E-state index contributed by atoms with van der Waals surface area (Å²) in [5.41, 5.74) is 6.36. The van der Waals surface area contributed by atoms with Crippen molar-refractivity contribution in [2.45, 2.75) is 57.4 Å². The van der Waals surface area contributed by atoms with Crippen LogP contribution in [-0.2, 0) is 12.8 Å². The van der Waals surface area contributed by atoms with E-state index in [9.17, 15) is 9.59 Å². The first kappa shape index (κ1) is 18.9. The van der Waals surface area contributed by atoms with Crippen molar-refractivity contribution in [2.24, 2.45) is 5.73 Å². The van der Waals surface area contributed by atoms with Crippen molar-refractivity contribution in [1.29, 1.82) is 0 Å². The zero-order chi connectivity index (χ0) is 16.4. The first-order valence-corrected chi connectivity index (χ1v) is 8.91. The molecular weight excluding hydrogens is 350 g/mol. The van der Waals surface area contributed by atoms with Gasteiger partial charge in [0.1, 0.15) is 4.83 Å². The Bertz CT molecular complexity index is 781. The molecule has 0 aromatic carbocycles. The van der Waals surface area contributed by atoms with Crippen LogP contribution >= 0.6 is 23.7 Å². The molecule has 0 aliphatic heterocycles. The molecule has 2 aliphatic carbocycles. The molecule has 4 rings (SSSR count). The number of nitrogens with zero attached hydrogens (tertiary/aromatic N) is 1. The van der Waals surface area contributed by atoms with Crippen LogP contribution in [-0.4, -0.2) is 27.1 Å². The van der Waals surface area contributed by atoms with Crippen LogP contribution in [0, 0.1) is 0 Å². The summed E-state index contributed by atoms with van der Waals surface area (Å²) in [5.74, 6) is -1.48. The van der Waals surface area contributed by atoms with E-state index in [-0.39, 0.29) is 23.8 Å². The number of aromatic carboxylic acids is 1. The minimum Gasteiger partial charge on any atom is -0.475 e. The quantitative estimate of drug-likeness (QED) is 0.714. The number of aryl methyl sites for hydroxylation is 2. The summed E-state index contributed by atoms with van der Waals surface area (Å²) in [6.45, 7) is 0. The molecule has 0 unspecified atom stereocenters. The molecule has 2 aromatic rings. The van der Waals surface area contributed by atoms with E-state index < -0.39 is 5.97 Å². The summed E-state index contributed by atoms with van der Waals surface area (Å²) in [6, 6.07) is 0.536. The molecule has 6 nitrogen and oxygen atoms in total. The number of H-pyrrole nitrogens is 1. The lowest BCUT2D eigenvalue weighted by molar-refractivity contribution is 0.0683. The van der Waals surface area contributed by atoms with Crippen LogP contribution in [0.4, 0.5) is 0 Å². The van der Waals surface area contributed by atoms with Gasteiger partial charge >= 0.3 is 5.97 Å². The van der Waals surface area contributed by atoms with Gasteiger partial charge in [-0.05, 0) is 37.7 Å². The molecule has 0 saturated heterocycles. The summed E-state index contributed by atoms with van der Waals surface area (Å²) in [5, 5.41) is 9.37. The van der Waals surface area contributed by atoms with Crippen molar-refractivity contribution < 1.29 is 9.90 Å². The Hall–Kier alpha value is -1.44. The molecular formula is C16H22ClN3O3S. The van der Waals surface area contributed by atoms with Crippen LogP contribution in [0.5, 0.6) is 0 Å². The predicted octanol–water partition coefficient (Wildman–Crippen LogP) is 2.87. The summed E-state index contributed by atoms with van der Waals surface area (Å²) < 4.78 is 0. The Labute approximate surface area is 149 Å². The average Bonchev–Trinajstić information content (AvgIpc) is 3.08. The molecule has 0 atom stereocenters. The zero-order valence-corrected chi connectivity index (χ0v) is 15.0. The molecule has 2 heterocycles. The molecule has 8 heteroatoms. The fourth-order valence-electron chi connectivity index (χ4n) is 3.24. The van der Waals surface area contributed by atoms with Crippen LogP contribution in [0.1, 0.15) is 59.6 Å². The Morgan fingerprint density at radius 3 is 2.50 bits per heavy atom. The zero-order valence-electron chi connectivity index (χ0n) is 13.3. The van der Waals surface area contributed by atoms with Crippen molar-refractivity contribution in [3.05, 3.63) is 26.6 Å². The molecule has 4 N–H and O–H groups in total. The number of carbonyl (C=O) groups is 1. The van der Waals surface area contributed by atoms with Gasteiger partial charge in [-0.1, -0.05) is 19.3 Å². The van der Waals surface area contributed by atoms with E-state index in [1.54, 1.807) is 0 Å². The third-order valence-corrected chi connectivity index (χ3v) is 5.61. The Balaban J connectivity index is 0.000000222. The molecule has 0 amide bonds. The van der Waals surface area contributed by atoms with Crippen molar-refractivity contribution >= 4 is 39.9 Å². The maximum Gasteiger partial charge on any atom is 0.372 e. The second-order valence-electron chi connectivity index (χ2n) is 6.16. The lowest BCUT2D eigenvalue weighted by Crippen LogP contribution is -2.22. The SMILES string of the molecule is Cl.NC1CCCCC1.O=C(O)c1nc2sc3c(c2c(=O)[nH]1)CCC3. The van der Waals surface area contributed by atoms with Gasteiger partial charge in [0.25, 0.3) is 5.56 Å². The van der Waals surface area contributed by atoms with E-state index in [0.717, 1.165) is 24.8 Å². The van der Waals surface area contributed by atoms with Crippen molar-refractivity contribution in [2.75, 3.05) is 0 Å². The van der Waals surface area contributed by atoms with Gasteiger partial charge in [0.15, 0.2) is 0 Å². The molecule has 24 heavy (non-hydrogen) atoms. The van der Waals surface area contributed by atoms with Crippen LogP contribution in [0.2, 0.25) is 0 Å². The number of nitrogens with two attached hydrogens (primary N) is 1. The number of carboxylic acids is 1. The lowest BCUT2D eigenvalue weighted by Gasteiger charge is -2.15. The van der Waals surface area contributed by atoms with Crippen LogP contribution in [0.15, 0.2) is 4.79 Å². The number of aromatic amines is 1. The number of nitrogens with one attached hydrogen (secondary N) is 1. The van der Waals surface area contributed by atoms with E-state index in [1.165, 1.54) is 48.3 Å². The van der Waals surface area contributed by atoms with Gasteiger partial charge in [-0.3, -0.25) is 4.79 Å². The topological polar surface area (TPSA) is 109 Å².